The number of carbonyl (C=O) groups is 3. The molecule has 3 fully saturated rings. The third kappa shape index (κ3) is 5.21. The second kappa shape index (κ2) is 11.2. The van der Waals surface area contributed by atoms with Crippen LogP contribution in [0.1, 0.15) is 80.4 Å². The molecule has 0 radical (unpaired) electrons. The normalized spacial score (nSPS) is 27.6. The number of carboxylic acid groups (broad SMARTS) is 1. The van der Waals surface area contributed by atoms with E-state index in [0.29, 0.717) is 48.4 Å². The van der Waals surface area contributed by atoms with Crippen LogP contribution in [0.2, 0.25) is 5.02 Å². The Morgan fingerprint density at radius 3 is 2.66 bits per heavy atom. The van der Waals surface area contributed by atoms with E-state index in [9.17, 15) is 33.4 Å². The van der Waals surface area contributed by atoms with Crippen LogP contribution in [0.5, 0.6) is 5.75 Å². The van der Waals surface area contributed by atoms with Crippen LogP contribution in [0.3, 0.4) is 0 Å². The minimum atomic E-state index is -2.82. The Hall–Kier alpha value is -3.32. The number of amides is 2. The number of rotatable bonds is 8. The van der Waals surface area contributed by atoms with Crippen molar-refractivity contribution < 1.29 is 38.1 Å². The zero-order valence-corrected chi connectivity index (χ0v) is 25.4. The molecule has 6 rings (SSSR count). The summed E-state index contributed by atoms with van der Waals surface area (Å²) in [6, 6.07) is 2.47. The molecule has 4 atom stereocenters. The van der Waals surface area contributed by atoms with Crippen LogP contribution in [0.4, 0.5) is 8.78 Å². The van der Waals surface area contributed by atoms with Gasteiger partial charge in [0.05, 0.1) is 23.5 Å². The fraction of sp³-hybridized carbons (Fsp3) is 0.633. The van der Waals surface area contributed by atoms with Crippen LogP contribution in [0.15, 0.2) is 12.1 Å². The molecule has 2 saturated carbocycles. The van der Waals surface area contributed by atoms with Gasteiger partial charge in [0.2, 0.25) is 11.8 Å². The van der Waals surface area contributed by atoms with E-state index in [-0.39, 0.29) is 54.6 Å². The maximum atomic E-state index is 14.4. The predicted molar refractivity (Wildman–Crippen MR) is 152 cm³/mol. The zero-order chi connectivity index (χ0) is 31.6. The quantitative estimate of drug-likeness (QED) is 0.448. The number of benzene rings is 1. The van der Waals surface area contributed by atoms with Gasteiger partial charge in [-0.2, -0.15) is 0 Å². The number of halogens is 3. The number of carbonyl (C=O) groups excluding carboxylic acids is 2. The number of aryl methyl sites for hydroxylation is 1. The number of aromatic nitrogens is 3. The van der Waals surface area contributed by atoms with E-state index in [0.717, 1.165) is 17.5 Å². The maximum Gasteiger partial charge on any atom is 0.310 e. The van der Waals surface area contributed by atoms with Gasteiger partial charge in [-0.3, -0.25) is 14.4 Å². The molecule has 2 aliphatic heterocycles. The van der Waals surface area contributed by atoms with E-state index in [2.05, 4.69) is 10.3 Å². The average Bonchev–Trinajstić information content (AvgIpc) is 3.49. The predicted octanol–water partition coefficient (Wildman–Crippen LogP) is 3.68. The molecule has 0 bridgehead atoms. The maximum absolute atomic E-state index is 14.4. The van der Waals surface area contributed by atoms with Crippen LogP contribution in [0.25, 0.3) is 0 Å². The molecule has 1 aromatic heterocycles. The van der Waals surface area contributed by atoms with Crippen molar-refractivity contribution >= 4 is 29.4 Å². The first-order valence-electron chi connectivity index (χ1n) is 15.0. The molecule has 44 heavy (non-hydrogen) atoms. The lowest BCUT2D eigenvalue weighted by Crippen LogP contribution is -2.56. The second-order valence-corrected chi connectivity index (χ2v) is 13.4. The lowest BCUT2D eigenvalue weighted by Gasteiger charge is -2.46. The Morgan fingerprint density at radius 2 is 2.00 bits per heavy atom. The number of aliphatic hydroxyl groups is 1. The first-order chi connectivity index (χ1) is 20.8. The van der Waals surface area contributed by atoms with E-state index >= 15 is 0 Å². The highest BCUT2D eigenvalue weighted by molar-refractivity contribution is 6.31. The molecule has 0 unspecified atom stereocenters. The Kier molecular flexibility index (Phi) is 7.84. The molecule has 2 aromatic rings. The molecular formula is C30H36ClF2N5O6. The molecular weight excluding hydrogens is 600 g/mol. The monoisotopic (exact) mass is 635 g/mol. The second-order valence-electron chi connectivity index (χ2n) is 13.0. The summed E-state index contributed by atoms with van der Waals surface area (Å²) in [6.45, 7) is 2.03. The van der Waals surface area contributed by atoms with Crippen molar-refractivity contribution in [1.82, 2.24) is 24.8 Å². The molecule has 1 spiro atoms. The van der Waals surface area contributed by atoms with Gasteiger partial charge in [-0.05, 0) is 68.6 Å². The van der Waals surface area contributed by atoms with Crippen molar-refractivity contribution in [2.75, 3.05) is 19.6 Å². The summed E-state index contributed by atoms with van der Waals surface area (Å²) in [5.41, 5.74) is -0.712. The van der Waals surface area contributed by atoms with Crippen LogP contribution in [-0.4, -0.2) is 78.5 Å². The number of carboxylic acids is 1. The van der Waals surface area contributed by atoms with Gasteiger partial charge in [-0.15, -0.1) is 5.10 Å². The summed E-state index contributed by atoms with van der Waals surface area (Å²) >= 11 is 6.67. The lowest BCUT2D eigenvalue weighted by molar-refractivity contribution is -0.170. The van der Waals surface area contributed by atoms with Gasteiger partial charge < -0.3 is 24.7 Å². The smallest absolute Gasteiger partial charge is 0.310 e. The number of fused-ring (bicyclic) bond motifs is 1. The first kappa shape index (κ1) is 30.7. The van der Waals surface area contributed by atoms with Crippen molar-refractivity contribution in [3.05, 3.63) is 39.7 Å². The highest BCUT2D eigenvalue weighted by Gasteiger charge is 2.55. The molecule has 1 saturated heterocycles. The molecule has 2 aliphatic carbocycles. The summed E-state index contributed by atoms with van der Waals surface area (Å²) in [6.07, 6.45) is -0.315. The molecule has 2 amide bonds. The van der Waals surface area contributed by atoms with Crippen LogP contribution >= 0.6 is 11.6 Å². The Labute approximate surface area is 258 Å². The Morgan fingerprint density at radius 1 is 1.25 bits per heavy atom. The standard InChI is InChI=1S/C30H36ClF2N5O6/c1-29(28(42)43)8-3-4-20(39)24(29)27(41)38-11-7-16-17(31)5-6-21(44-14-18-25(26(32)33)36(2)35-34-18)23(16)19(38)13-37-15-30(9-10-30)12-22(37)40/h5-6,19-20,24,26,39H,3-4,7-15H2,1-2H3,(H,42,43)/t19-,20-,24+,29+/m1/s1. The van der Waals surface area contributed by atoms with Crippen molar-refractivity contribution in [1.29, 1.82) is 0 Å². The van der Waals surface area contributed by atoms with E-state index in [1.54, 1.807) is 21.9 Å². The summed E-state index contributed by atoms with van der Waals surface area (Å²) in [5, 5.41) is 29.2. The number of hydrogen-bond acceptors (Lipinski definition) is 7. The van der Waals surface area contributed by atoms with Gasteiger partial charge in [0.25, 0.3) is 6.43 Å². The van der Waals surface area contributed by atoms with Crippen molar-refractivity contribution in [3.63, 3.8) is 0 Å². The van der Waals surface area contributed by atoms with Crippen LogP contribution in [0, 0.1) is 16.7 Å². The number of aliphatic hydroxyl groups excluding tert-OH is 1. The van der Waals surface area contributed by atoms with Gasteiger partial charge in [0.1, 0.15) is 23.7 Å². The summed E-state index contributed by atoms with van der Waals surface area (Å²) < 4.78 is 34.5. The molecule has 238 valence electrons. The molecule has 2 N–H and O–H groups in total. The third-order valence-electron chi connectivity index (χ3n) is 10.1. The zero-order valence-electron chi connectivity index (χ0n) is 24.6. The van der Waals surface area contributed by atoms with Crippen molar-refractivity contribution in [2.45, 2.75) is 77.0 Å². The molecule has 14 heteroatoms. The molecule has 4 aliphatic rings. The number of ether oxygens (including phenoxy) is 1. The number of hydrogen-bond donors (Lipinski definition) is 2. The fourth-order valence-electron chi connectivity index (χ4n) is 7.43. The van der Waals surface area contributed by atoms with Gasteiger partial charge in [0.15, 0.2) is 0 Å². The molecule has 3 heterocycles. The van der Waals surface area contributed by atoms with Crippen molar-refractivity contribution in [3.8, 4) is 5.75 Å². The van der Waals surface area contributed by atoms with Crippen LogP contribution < -0.4 is 4.74 Å². The van der Waals surface area contributed by atoms with Gasteiger partial charge in [0, 0.05) is 43.7 Å². The fourth-order valence-corrected chi connectivity index (χ4v) is 7.69. The van der Waals surface area contributed by atoms with E-state index in [1.165, 1.54) is 14.0 Å². The van der Waals surface area contributed by atoms with E-state index in [4.69, 9.17) is 16.3 Å². The summed E-state index contributed by atoms with van der Waals surface area (Å²) in [5.74, 6) is -2.60. The Bertz CT molecular complexity index is 1500. The van der Waals surface area contributed by atoms with Gasteiger partial charge >= 0.3 is 5.97 Å². The summed E-state index contributed by atoms with van der Waals surface area (Å²) in [4.78, 5) is 43.3. The number of aliphatic carboxylic acids is 1. The van der Waals surface area contributed by atoms with E-state index in [1.807, 2.05) is 0 Å². The number of nitrogens with zero attached hydrogens (tertiary/aromatic N) is 5. The number of likely N-dealkylation sites (tertiary alicyclic amines) is 1. The van der Waals surface area contributed by atoms with Crippen molar-refractivity contribution in [2.24, 2.45) is 23.8 Å². The number of alkyl halides is 2. The highest BCUT2D eigenvalue weighted by Crippen LogP contribution is 2.54. The average molecular weight is 636 g/mol. The minimum absolute atomic E-state index is 0.0271. The third-order valence-corrected chi connectivity index (χ3v) is 10.5. The largest absolute Gasteiger partial charge is 0.487 e. The Balaban J connectivity index is 1.40. The topological polar surface area (TPSA) is 138 Å². The highest BCUT2D eigenvalue weighted by atomic mass is 35.5. The summed E-state index contributed by atoms with van der Waals surface area (Å²) in [7, 11) is 1.37. The van der Waals surface area contributed by atoms with E-state index < -0.39 is 41.8 Å². The molecule has 1 aromatic carbocycles. The molecule has 11 nitrogen and oxygen atoms in total. The SMILES string of the molecule is Cn1nnc(COc2ccc(Cl)c3c2[C@@H](CN2CC4(CC4)CC2=O)N(C(=O)[C@@H]2[C@H](O)CCC[C@]2(C)C(=O)O)CC3)c1C(F)F. The first-order valence-corrected chi connectivity index (χ1v) is 15.3. The lowest BCUT2D eigenvalue weighted by atomic mass is 9.65. The van der Waals surface area contributed by atoms with Gasteiger partial charge in [-0.25, -0.2) is 13.5 Å². The van der Waals surface area contributed by atoms with Gasteiger partial charge in [-0.1, -0.05) is 16.8 Å². The van der Waals surface area contributed by atoms with Crippen LogP contribution in [-0.2, 0) is 34.5 Å². The minimum Gasteiger partial charge on any atom is -0.487 e.